The van der Waals surface area contributed by atoms with E-state index in [-0.39, 0.29) is 6.61 Å². The summed E-state index contributed by atoms with van der Waals surface area (Å²) in [6.45, 7) is 0.531. The lowest BCUT2D eigenvalue weighted by Crippen LogP contribution is -2.10. The van der Waals surface area contributed by atoms with E-state index >= 15 is 0 Å². The number of hydrogen-bond acceptors (Lipinski definition) is 3. The van der Waals surface area contributed by atoms with Gasteiger partial charge in [-0.3, -0.25) is 0 Å². The van der Waals surface area contributed by atoms with E-state index in [1.165, 1.54) is 6.08 Å². The molecule has 0 aromatic heterocycles. The zero-order valence-electron chi connectivity index (χ0n) is 11.4. The van der Waals surface area contributed by atoms with E-state index < -0.39 is 5.97 Å². The van der Waals surface area contributed by atoms with Crippen LogP contribution in [0.2, 0.25) is 5.02 Å². The van der Waals surface area contributed by atoms with Crippen molar-refractivity contribution in [2.75, 3.05) is 13.2 Å². The summed E-state index contributed by atoms with van der Waals surface area (Å²) in [6.07, 6.45) is 3.06. The Balaban J connectivity index is 1.69. The van der Waals surface area contributed by atoms with Gasteiger partial charge in [0.2, 0.25) is 0 Å². The highest BCUT2D eigenvalue weighted by molar-refractivity contribution is 6.30. The summed E-state index contributed by atoms with van der Waals surface area (Å²) in [5.74, 6) is 0.354. The maximum absolute atomic E-state index is 11.5. The van der Waals surface area contributed by atoms with E-state index in [9.17, 15) is 4.79 Å². The van der Waals surface area contributed by atoms with Crippen molar-refractivity contribution < 1.29 is 14.3 Å². The maximum Gasteiger partial charge on any atom is 0.330 e. The van der Waals surface area contributed by atoms with Gasteiger partial charge in [0.25, 0.3) is 0 Å². The third-order valence-corrected chi connectivity index (χ3v) is 2.87. The summed E-state index contributed by atoms with van der Waals surface area (Å²) in [7, 11) is 0. The van der Waals surface area contributed by atoms with Crippen LogP contribution in [0, 0.1) is 0 Å². The molecule has 0 fully saturated rings. The Labute approximate surface area is 128 Å². The Morgan fingerprint density at radius 2 is 1.71 bits per heavy atom. The monoisotopic (exact) mass is 302 g/mol. The fourth-order valence-electron chi connectivity index (χ4n) is 1.60. The van der Waals surface area contributed by atoms with Crippen LogP contribution in [-0.2, 0) is 9.53 Å². The molecular weight excluding hydrogens is 288 g/mol. The van der Waals surface area contributed by atoms with Gasteiger partial charge in [0.1, 0.15) is 19.0 Å². The molecule has 0 amide bonds. The predicted octanol–water partition coefficient (Wildman–Crippen LogP) is 3.98. The zero-order valence-corrected chi connectivity index (χ0v) is 12.1. The number of carbonyl (C=O) groups excluding carboxylic acids is 1. The first kappa shape index (κ1) is 15.1. The van der Waals surface area contributed by atoms with Crippen molar-refractivity contribution in [2.45, 2.75) is 0 Å². The number of esters is 1. The van der Waals surface area contributed by atoms with Gasteiger partial charge in [0.05, 0.1) is 0 Å². The lowest BCUT2D eigenvalue weighted by Gasteiger charge is -2.05. The molecule has 0 spiro atoms. The number of rotatable bonds is 6. The zero-order chi connectivity index (χ0) is 14.9. The summed E-state index contributed by atoms with van der Waals surface area (Å²) in [5.41, 5.74) is 0.886. The number of carbonyl (C=O) groups is 1. The van der Waals surface area contributed by atoms with Crippen LogP contribution in [0.4, 0.5) is 0 Å². The largest absolute Gasteiger partial charge is 0.490 e. The first-order valence-electron chi connectivity index (χ1n) is 6.52. The number of benzene rings is 2. The summed E-state index contributed by atoms with van der Waals surface area (Å²) >= 11 is 5.78. The average molecular weight is 303 g/mol. The van der Waals surface area contributed by atoms with Crippen molar-refractivity contribution >= 4 is 23.6 Å². The Bertz CT molecular complexity index is 591. The van der Waals surface area contributed by atoms with E-state index in [0.29, 0.717) is 11.6 Å². The predicted molar refractivity (Wildman–Crippen MR) is 83.4 cm³/mol. The average Bonchev–Trinajstić information content (AvgIpc) is 2.52. The quantitative estimate of drug-likeness (QED) is 0.460. The van der Waals surface area contributed by atoms with E-state index in [1.54, 1.807) is 18.2 Å². The minimum Gasteiger partial charge on any atom is -0.490 e. The van der Waals surface area contributed by atoms with Crippen LogP contribution >= 0.6 is 11.6 Å². The van der Waals surface area contributed by atoms with Crippen LogP contribution in [0.15, 0.2) is 60.7 Å². The molecule has 3 nitrogen and oxygen atoms in total. The van der Waals surface area contributed by atoms with Crippen LogP contribution in [0.1, 0.15) is 5.56 Å². The fraction of sp³-hybridized carbons (Fsp3) is 0.118. The van der Waals surface area contributed by atoms with Gasteiger partial charge in [-0.1, -0.05) is 41.9 Å². The highest BCUT2D eigenvalue weighted by atomic mass is 35.5. The second-order valence-electron chi connectivity index (χ2n) is 4.21. The van der Waals surface area contributed by atoms with Crippen molar-refractivity contribution in [3.8, 4) is 5.75 Å². The van der Waals surface area contributed by atoms with Gasteiger partial charge in [-0.2, -0.15) is 0 Å². The molecule has 0 N–H and O–H groups in total. The van der Waals surface area contributed by atoms with Gasteiger partial charge < -0.3 is 9.47 Å². The van der Waals surface area contributed by atoms with Crippen LogP contribution < -0.4 is 4.74 Å². The molecule has 2 aromatic carbocycles. The smallest absolute Gasteiger partial charge is 0.330 e. The second-order valence-corrected chi connectivity index (χ2v) is 4.65. The van der Waals surface area contributed by atoms with Crippen LogP contribution in [0.25, 0.3) is 6.08 Å². The summed E-state index contributed by atoms with van der Waals surface area (Å²) < 4.78 is 10.4. The summed E-state index contributed by atoms with van der Waals surface area (Å²) in [4.78, 5) is 11.5. The first-order chi connectivity index (χ1) is 10.2. The third-order valence-electron chi connectivity index (χ3n) is 2.62. The van der Waals surface area contributed by atoms with Crippen molar-refractivity contribution in [3.05, 3.63) is 71.3 Å². The molecule has 2 aromatic rings. The topological polar surface area (TPSA) is 35.5 Å². The molecule has 0 bridgehead atoms. The Hall–Kier alpha value is -2.26. The summed E-state index contributed by atoms with van der Waals surface area (Å²) in [6, 6.07) is 16.6. The molecular formula is C17H15ClO3. The molecule has 2 rings (SSSR count). The van der Waals surface area contributed by atoms with Gasteiger partial charge >= 0.3 is 5.97 Å². The molecule has 0 saturated carbocycles. The van der Waals surface area contributed by atoms with Crippen molar-refractivity contribution in [2.24, 2.45) is 0 Å². The molecule has 0 atom stereocenters. The molecule has 108 valence electrons. The maximum atomic E-state index is 11.5. The molecule has 0 heterocycles. The van der Waals surface area contributed by atoms with E-state index in [2.05, 4.69) is 0 Å². The molecule has 0 aliphatic carbocycles. The number of ether oxygens (including phenoxy) is 2. The fourth-order valence-corrected chi connectivity index (χ4v) is 1.73. The molecule has 21 heavy (non-hydrogen) atoms. The SMILES string of the molecule is O=C(/C=C/c1ccc(Cl)cc1)OCCOc1ccccc1. The van der Waals surface area contributed by atoms with Crippen molar-refractivity contribution in [3.63, 3.8) is 0 Å². The van der Waals surface area contributed by atoms with Gasteiger partial charge in [-0.15, -0.1) is 0 Å². The third kappa shape index (κ3) is 5.71. The lowest BCUT2D eigenvalue weighted by molar-refractivity contribution is -0.138. The Morgan fingerprint density at radius 3 is 2.43 bits per heavy atom. The minimum atomic E-state index is -0.401. The second kappa shape index (κ2) is 8.12. The summed E-state index contributed by atoms with van der Waals surface area (Å²) in [5, 5.41) is 0.660. The number of para-hydroxylation sites is 1. The van der Waals surface area contributed by atoms with Crippen LogP contribution in [0.5, 0.6) is 5.75 Å². The highest BCUT2D eigenvalue weighted by Gasteiger charge is 1.98. The Morgan fingerprint density at radius 1 is 1.00 bits per heavy atom. The minimum absolute atomic E-state index is 0.207. The molecule has 0 aliphatic heterocycles. The van der Waals surface area contributed by atoms with Crippen LogP contribution in [-0.4, -0.2) is 19.2 Å². The van der Waals surface area contributed by atoms with E-state index in [1.807, 2.05) is 42.5 Å². The van der Waals surface area contributed by atoms with E-state index in [0.717, 1.165) is 11.3 Å². The molecule has 4 heteroatoms. The van der Waals surface area contributed by atoms with E-state index in [4.69, 9.17) is 21.1 Å². The normalized spacial score (nSPS) is 10.5. The number of hydrogen-bond donors (Lipinski definition) is 0. The van der Waals surface area contributed by atoms with Crippen LogP contribution in [0.3, 0.4) is 0 Å². The molecule has 0 saturated heterocycles. The van der Waals surface area contributed by atoms with Gasteiger partial charge in [-0.05, 0) is 35.9 Å². The lowest BCUT2D eigenvalue weighted by atomic mass is 10.2. The highest BCUT2D eigenvalue weighted by Crippen LogP contribution is 2.10. The van der Waals surface area contributed by atoms with Gasteiger partial charge in [0, 0.05) is 11.1 Å². The number of halogens is 1. The first-order valence-corrected chi connectivity index (χ1v) is 6.90. The van der Waals surface area contributed by atoms with Gasteiger partial charge in [-0.25, -0.2) is 4.79 Å². The molecule has 0 radical (unpaired) electrons. The molecule has 0 aliphatic rings. The van der Waals surface area contributed by atoms with Gasteiger partial charge in [0.15, 0.2) is 0 Å². The molecule has 0 unspecified atom stereocenters. The van der Waals surface area contributed by atoms with Crippen molar-refractivity contribution in [1.82, 2.24) is 0 Å². The standard InChI is InChI=1S/C17H15ClO3/c18-15-9-6-14(7-10-15)8-11-17(19)21-13-12-20-16-4-2-1-3-5-16/h1-11H,12-13H2/b11-8+. The van der Waals surface area contributed by atoms with Crippen molar-refractivity contribution in [1.29, 1.82) is 0 Å². The Kier molecular flexibility index (Phi) is 5.85.